The Kier molecular flexibility index (Phi) is 3.05. The van der Waals surface area contributed by atoms with Crippen molar-refractivity contribution in [2.24, 2.45) is 0 Å². The SMILES string of the molecule is Cc1cc(-c2ccccc2)cc2occ(-c3ccccc3)c12. The lowest BCUT2D eigenvalue weighted by molar-refractivity contribution is 0.617. The van der Waals surface area contributed by atoms with Crippen molar-refractivity contribution in [2.45, 2.75) is 6.92 Å². The maximum Gasteiger partial charge on any atom is 0.135 e. The van der Waals surface area contributed by atoms with Gasteiger partial charge in [-0.05, 0) is 35.2 Å². The van der Waals surface area contributed by atoms with E-state index in [4.69, 9.17) is 4.42 Å². The van der Waals surface area contributed by atoms with Gasteiger partial charge < -0.3 is 4.42 Å². The molecule has 0 fully saturated rings. The molecule has 1 heteroatoms. The molecule has 0 saturated heterocycles. The molecule has 0 aliphatic carbocycles. The second-order valence-corrected chi connectivity index (χ2v) is 5.55. The Hall–Kier alpha value is -2.80. The molecule has 3 aromatic carbocycles. The molecule has 0 saturated carbocycles. The fourth-order valence-electron chi connectivity index (χ4n) is 3.00. The second-order valence-electron chi connectivity index (χ2n) is 5.55. The number of aryl methyl sites for hydroxylation is 1. The number of furan rings is 1. The number of benzene rings is 3. The van der Waals surface area contributed by atoms with E-state index in [2.05, 4.69) is 67.6 Å². The summed E-state index contributed by atoms with van der Waals surface area (Å²) in [6.07, 6.45) is 1.86. The third-order valence-corrected chi connectivity index (χ3v) is 4.06. The van der Waals surface area contributed by atoms with Gasteiger partial charge in [0.15, 0.2) is 0 Å². The average Bonchev–Trinajstić information content (AvgIpc) is 3.01. The lowest BCUT2D eigenvalue weighted by atomic mass is 9.97. The van der Waals surface area contributed by atoms with E-state index in [1.807, 2.05) is 18.4 Å². The molecule has 0 amide bonds. The summed E-state index contributed by atoms with van der Waals surface area (Å²) in [6.45, 7) is 2.15. The first-order valence-corrected chi connectivity index (χ1v) is 7.45. The molecule has 1 heterocycles. The lowest BCUT2D eigenvalue weighted by Gasteiger charge is -2.06. The summed E-state index contributed by atoms with van der Waals surface area (Å²) in [6, 6.07) is 25.2. The number of fused-ring (bicyclic) bond motifs is 1. The summed E-state index contributed by atoms with van der Waals surface area (Å²) in [4.78, 5) is 0. The van der Waals surface area contributed by atoms with Crippen molar-refractivity contribution < 1.29 is 4.42 Å². The molecule has 0 aliphatic rings. The number of hydrogen-bond acceptors (Lipinski definition) is 1. The fourth-order valence-corrected chi connectivity index (χ4v) is 3.00. The van der Waals surface area contributed by atoms with Crippen LogP contribution in [0.5, 0.6) is 0 Å². The molecule has 0 atom stereocenters. The summed E-state index contributed by atoms with van der Waals surface area (Å²) in [7, 11) is 0. The van der Waals surface area contributed by atoms with E-state index in [9.17, 15) is 0 Å². The van der Waals surface area contributed by atoms with Crippen LogP contribution in [-0.2, 0) is 0 Å². The van der Waals surface area contributed by atoms with Crippen LogP contribution in [0.15, 0.2) is 83.5 Å². The first kappa shape index (κ1) is 12.9. The second kappa shape index (κ2) is 5.19. The Labute approximate surface area is 129 Å². The quantitative estimate of drug-likeness (QED) is 0.435. The molecular weight excluding hydrogens is 268 g/mol. The van der Waals surface area contributed by atoms with Crippen LogP contribution in [0.4, 0.5) is 0 Å². The third-order valence-electron chi connectivity index (χ3n) is 4.06. The number of hydrogen-bond donors (Lipinski definition) is 0. The molecule has 106 valence electrons. The van der Waals surface area contributed by atoms with E-state index in [0.717, 1.165) is 11.1 Å². The monoisotopic (exact) mass is 284 g/mol. The summed E-state index contributed by atoms with van der Waals surface area (Å²) in [5.41, 5.74) is 6.94. The van der Waals surface area contributed by atoms with Crippen molar-refractivity contribution in [3.05, 3.63) is 84.6 Å². The van der Waals surface area contributed by atoms with Gasteiger partial charge in [-0.3, -0.25) is 0 Å². The van der Waals surface area contributed by atoms with Crippen molar-refractivity contribution in [3.63, 3.8) is 0 Å². The molecule has 0 radical (unpaired) electrons. The zero-order valence-electron chi connectivity index (χ0n) is 12.4. The standard InChI is InChI=1S/C21H16O/c1-15-12-18(16-8-4-2-5-9-16)13-20-21(15)19(14-22-20)17-10-6-3-7-11-17/h2-14H,1H3. The predicted molar refractivity (Wildman–Crippen MR) is 91.8 cm³/mol. The van der Waals surface area contributed by atoms with Crippen LogP contribution in [0.1, 0.15) is 5.56 Å². The van der Waals surface area contributed by atoms with Crippen molar-refractivity contribution >= 4 is 11.0 Å². The molecular formula is C21H16O. The van der Waals surface area contributed by atoms with Crippen LogP contribution < -0.4 is 0 Å². The van der Waals surface area contributed by atoms with Gasteiger partial charge in [0.05, 0.1) is 6.26 Å². The highest BCUT2D eigenvalue weighted by Crippen LogP contribution is 2.35. The van der Waals surface area contributed by atoms with Gasteiger partial charge in [-0.15, -0.1) is 0 Å². The Morgan fingerprint density at radius 1 is 0.682 bits per heavy atom. The maximum atomic E-state index is 5.85. The number of rotatable bonds is 2. The summed E-state index contributed by atoms with van der Waals surface area (Å²) in [5, 5.41) is 1.20. The fraction of sp³-hybridized carbons (Fsp3) is 0.0476. The molecule has 0 aliphatic heterocycles. The van der Waals surface area contributed by atoms with E-state index in [1.54, 1.807) is 0 Å². The highest BCUT2D eigenvalue weighted by Gasteiger charge is 2.12. The van der Waals surface area contributed by atoms with Crippen molar-refractivity contribution in [1.82, 2.24) is 0 Å². The van der Waals surface area contributed by atoms with Gasteiger partial charge in [0.25, 0.3) is 0 Å². The molecule has 4 rings (SSSR count). The summed E-state index contributed by atoms with van der Waals surface area (Å²) in [5.74, 6) is 0. The van der Waals surface area contributed by atoms with Gasteiger partial charge in [-0.2, -0.15) is 0 Å². The Bertz CT molecular complexity index is 918. The first-order chi connectivity index (χ1) is 10.8. The molecule has 1 aromatic heterocycles. The Morgan fingerprint density at radius 2 is 1.32 bits per heavy atom. The summed E-state index contributed by atoms with van der Waals surface area (Å²) < 4.78 is 5.85. The molecule has 0 N–H and O–H groups in total. The molecule has 22 heavy (non-hydrogen) atoms. The van der Waals surface area contributed by atoms with Crippen LogP contribution >= 0.6 is 0 Å². The van der Waals surface area contributed by atoms with E-state index < -0.39 is 0 Å². The van der Waals surface area contributed by atoms with Crippen LogP contribution in [0.3, 0.4) is 0 Å². The van der Waals surface area contributed by atoms with E-state index >= 15 is 0 Å². The first-order valence-electron chi connectivity index (χ1n) is 7.45. The van der Waals surface area contributed by atoms with Crippen molar-refractivity contribution in [1.29, 1.82) is 0 Å². The highest BCUT2D eigenvalue weighted by molar-refractivity contribution is 5.98. The minimum absolute atomic E-state index is 0.942. The Morgan fingerprint density at radius 3 is 2.00 bits per heavy atom. The maximum absolute atomic E-state index is 5.85. The van der Waals surface area contributed by atoms with Crippen molar-refractivity contribution in [2.75, 3.05) is 0 Å². The van der Waals surface area contributed by atoms with Crippen LogP contribution in [-0.4, -0.2) is 0 Å². The van der Waals surface area contributed by atoms with Gasteiger partial charge >= 0.3 is 0 Å². The minimum atomic E-state index is 0.942. The molecule has 0 unspecified atom stereocenters. The van der Waals surface area contributed by atoms with Crippen LogP contribution in [0, 0.1) is 6.92 Å². The normalized spacial score (nSPS) is 11.0. The lowest BCUT2D eigenvalue weighted by Crippen LogP contribution is -1.83. The van der Waals surface area contributed by atoms with E-state index in [-0.39, 0.29) is 0 Å². The van der Waals surface area contributed by atoms with Gasteiger partial charge in [0.1, 0.15) is 5.58 Å². The molecule has 4 aromatic rings. The van der Waals surface area contributed by atoms with Gasteiger partial charge in [0, 0.05) is 10.9 Å². The van der Waals surface area contributed by atoms with Crippen LogP contribution in [0.25, 0.3) is 33.2 Å². The van der Waals surface area contributed by atoms with Crippen LogP contribution in [0.2, 0.25) is 0 Å². The zero-order chi connectivity index (χ0) is 14.9. The van der Waals surface area contributed by atoms with E-state index in [0.29, 0.717) is 0 Å². The van der Waals surface area contributed by atoms with Gasteiger partial charge in [0.2, 0.25) is 0 Å². The van der Waals surface area contributed by atoms with Crippen molar-refractivity contribution in [3.8, 4) is 22.3 Å². The molecule has 0 bridgehead atoms. The summed E-state index contributed by atoms with van der Waals surface area (Å²) >= 11 is 0. The zero-order valence-corrected chi connectivity index (χ0v) is 12.4. The third kappa shape index (κ3) is 2.11. The highest BCUT2D eigenvalue weighted by atomic mass is 16.3. The average molecular weight is 284 g/mol. The Balaban J connectivity index is 1.92. The predicted octanol–water partition coefficient (Wildman–Crippen LogP) is 6.08. The van der Waals surface area contributed by atoms with E-state index in [1.165, 1.54) is 27.6 Å². The molecule has 0 spiro atoms. The smallest absolute Gasteiger partial charge is 0.135 e. The van der Waals surface area contributed by atoms with Gasteiger partial charge in [-0.1, -0.05) is 66.7 Å². The topological polar surface area (TPSA) is 13.1 Å². The van der Waals surface area contributed by atoms with Gasteiger partial charge in [-0.25, -0.2) is 0 Å². The molecule has 1 nitrogen and oxygen atoms in total. The minimum Gasteiger partial charge on any atom is -0.464 e. The largest absolute Gasteiger partial charge is 0.464 e.